The van der Waals surface area contributed by atoms with Crippen LogP contribution >= 0.6 is 0 Å². The Balaban J connectivity index is 2.05. The van der Waals surface area contributed by atoms with Gasteiger partial charge in [0, 0.05) is 25.2 Å². The molecule has 2 rings (SSSR count). The fraction of sp³-hybridized carbons (Fsp3) is 0.692. The van der Waals surface area contributed by atoms with Gasteiger partial charge in [0.25, 0.3) is 0 Å². The van der Waals surface area contributed by atoms with E-state index >= 15 is 0 Å². The van der Waals surface area contributed by atoms with Crippen molar-refractivity contribution in [1.29, 1.82) is 0 Å². The molecule has 100 valence electrons. The number of nitrogens with zero attached hydrogens (tertiary/aromatic N) is 3. The standard InChI is InChI=1S/C13H22N4O/c1-9(2)18-13-6-12(15-8-16-13)17-5-4-11(7-17)10(3)14/h6,8-11H,4-5,7,14H2,1-3H3. The van der Waals surface area contributed by atoms with E-state index in [1.54, 1.807) is 6.33 Å². The van der Waals surface area contributed by atoms with E-state index < -0.39 is 0 Å². The lowest BCUT2D eigenvalue weighted by Crippen LogP contribution is -2.30. The zero-order valence-electron chi connectivity index (χ0n) is 11.3. The zero-order chi connectivity index (χ0) is 13.1. The van der Waals surface area contributed by atoms with E-state index in [9.17, 15) is 0 Å². The molecule has 1 aromatic heterocycles. The summed E-state index contributed by atoms with van der Waals surface area (Å²) >= 11 is 0. The number of hydrogen-bond acceptors (Lipinski definition) is 5. The Bertz CT molecular complexity index is 394. The van der Waals surface area contributed by atoms with E-state index in [0.717, 1.165) is 25.3 Å². The molecule has 1 aliphatic rings. The minimum Gasteiger partial charge on any atom is -0.475 e. The van der Waals surface area contributed by atoms with Crippen molar-refractivity contribution in [2.75, 3.05) is 18.0 Å². The Kier molecular flexibility index (Phi) is 4.01. The number of hydrogen-bond donors (Lipinski definition) is 1. The maximum absolute atomic E-state index is 5.95. The quantitative estimate of drug-likeness (QED) is 0.876. The van der Waals surface area contributed by atoms with Crippen molar-refractivity contribution in [2.24, 2.45) is 11.7 Å². The second kappa shape index (κ2) is 5.52. The van der Waals surface area contributed by atoms with Crippen LogP contribution in [0, 0.1) is 5.92 Å². The average Bonchev–Trinajstić information content (AvgIpc) is 2.77. The predicted octanol–water partition coefficient (Wildman–Crippen LogP) is 1.44. The Morgan fingerprint density at radius 1 is 1.39 bits per heavy atom. The summed E-state index contributed by atoms with van der Waals surface area (Å²) in [6.07, 6.45) is 2.82. The summed E-state index contributed by atoms with van der Waals surface area (Å²) in [7, 11) is 0. The minimum atomic E-state index is 0.128. The van der Waals surface area contributed by atoms with Gasteiger partial charge in [-0.25, -0.2) is 9.97 Å². The maximum Gasteiger partial charge on any atom is 0.218 e. The second-order valence-corrected chi connectivity index (χ2v) is 5.23. The summed E-state index contributed by atoms with van der Waals surface area (Å²) in [6, 6.07) is 2.15. The van der Waals surface area contributed by atoms with Crippen LogP contribution in [0.4, 0.5) is 5.82 Å². The molecule has 0 amide bonds. The van der Waals surface area contributed by atoms with E-state index in [2.05, 4.69) is 21.8 Å². The van der Waals surface area contributed by atoms with Crippen molar-refractivity contribution >= 4 is 5.82 Å². The average molecular weight is 250 g/mol. The Hall–Kier alpha value is -1.36. The SMILES string of the molecule is CC(C)Oc1cc(N2CCC(C(C)N)C2)ncn1. The Labute approximate surface area is 108 Å². The largest absolute Gasteiger partial charge is 0.475 e. The summed E-state index contributed by atoms with van der Waals surface area (Å²) in [5, 5.41) is 0. The van der Waals surface area contributed by atoms with Crippen LogP contribution in [-0.2, 0) is 0 Å². The molecule has 2 heterocycles. The van der Waals surface area contributed by atoms with Crippen LogP contribution in [0.25, 0.3) is 0 Å². The highest BCUT2D eigenvalue weighted by atomic mass is 16.5. The highest BCUT2D eigenvalue weighted by molar-refractivity contribution is 5.42. The van der Waals surface area contributed by atoms with Crippen LogP contribution in [-0.4, -0.2) is 35.2 Å². The van der Waals surface area contributed by atoms with Crippen molar-refractivity contribution in [3.05, 3.63) is 12.4 Å². The molecule has 1 fully saturated rings. The van der Waals surface area contributed by atoms with Crippen LogP contribution in [0.5, 0.6) is 5.88 Å². The molecule has 0 aliphatic carbocycles. The smallest absolute Gasteiger partial charge is 0.218 e. The number of anilines is 1. The van der Waals surface area contributed by atoms with Crippen LogP contribution in [0.1, 0.15) is 27.2 Å². The molecular formula is C13H22N4O. The van der Waals surface area contributed by atoms with Crippen molar-refractivity contribution in [3.8, 4) is 5.88 Å². The van der Waals surface area contributed by atoms with E-state index in [1.807, 2.05) is 19.9 Å². The van der Waals surface area contributed by atoms with Gasteiger partial charge in [-0.05, 0) is 33.1 Å². The first-order chi connectivity index (χ1) is 8.56. The van der Waals surface area contributed by atoms with Crippen LogP contribution in [0.2, 0.25) is 0 Å². The minimum absolute atomic E-state index is 0.128. The lowest BCUT2D eigenvalue weighted by molar-refractivity contribution is 0.232. The van der Waals surface area contributed by atoms with Crippen molar-refractivity contribution in [3.63, 3.8) is 0 Å². The number of nitrogens with two attached hydrogens (primary N) is 1. The third kappa shape index (κ3) is 3.10. The Morgan fingerprint density at radius 3 is 2.78 bits per heavy atom. The fourth-order valence-electron chi connectivity index (χ4n) is 2.23. The predicted molar refractivity (Wildman–Crippen MR) is 71.8 cm³/mol. The molecular weight excluding hydrogens is 228 g/mol. The maximum atomic E-state index is 5.95. The van der Waals surface area contributed by atoms with Gasteiger partial charge < -0.3 is 15.4 Å². The van der Waals surface area contributed by atoms with E-state index in [1.165, 1.54) is 0 Å². The molecule has 18 heavy (non-hydrogen) atoms. The van der Waals surface area contributed by atoms with E-state index in [0.29, 0.717) is 11.8 Å². The molecule has 0 radical (unpaired) electrons. The summed E-state index contributed by atoms with van der Waals surface area (Å²) in [5.41, 5.74) is 5.95. The number of rotatable bonds is 4. The molecule has 2 atom stereocenters. The molecule has 0 bridgehead atoms. The van der Waals surface area contributed by atoms with Gasteiger partial charge in [-0.15, -0.1) is 0 Å². The van der Waals surface area contributed by atoms with E-state index in [-0.39, 0.29) is 12.1 Å². The number of aromatic nitrogens is 2. The third-order valence-electron chi connectivity index (χ3n) is 3.28. The van der Waals surface area contributed by atoms with Gasteiger partial charge in [-0.3, -0.25) is 0 Å². The van der Waals surface area contributed by atoms with Gasteiger partial charge in [0.2, 0.25) is 5.88 Å². The monoisotopic (exact) mass is 250 g/mol. The first-order valence-corrected chi connectivity index (χ1v) is 6.55. The summed E-state index contributed by atoms with van der Waals surface area (Å²) in [6.45, 7) is 8.02. The molecule has 0 spiro atoms. The van der Waals surface area contributed by atoms with Gasteiger partial charge in [-0.2, -0.15) is 0 Å². The van der Waals surface area contributed by atoms with Gasteiger partial charge in [-0.1, -0.05) is 0 Å². The highest BCUT2D eigenvalue weighted by Crippen LogP contribution is 2.25. The van der Waals surface area contributed by atoms with Crippen molar-refractivity contribution in [1.82, 2.24) is 9.97 Å². The topological polar surface area (TPSA) is 64.3 Å². The molecule has 1 saturated heterocycles. The van der Waals surface area contributed by atoms with Gasteiger partial charge in [0.15, 0.2) is 0 Å². The van der Waals surface area contributed by atoms with Crippen LogP contribution in [0.15, 0.2) is 12.4 Å². The van der Waals surface area contributed by atoms with Crippen molar-refractivity contribution < 1.29 is 4.74 Å². The zero-order valence-corrected chi connectivity index (χ0v) is 11.3. The van der Waals surface area contributed by atoms with Gasteiger partial charge in [0.05, 0.1) is 6.10 Å². The van der Waals surface area contributed by atoms with Gasteiger partial charge >= 0.3 is 0 Å². The summed E-state index contributed by atoms with van der Waals surface area (Å²) in [5.74, 6) is 2.12. The Morgan fingerprint density at radius 2 is 2.17 bits per heavy atom. The first-order valence-electron chi connectivity index (χ1n) is 6.55. The normalized spacial score (nSPS) is 21.4. The van der Waals surface area contributed by atoms with E-state index in [4.69, 9.17) is 10.5 Å². The second-order valence-electron chi connectivity index (χ2n) is 5.23. The molecule has 2 N–H and O–H groups in total. The highest BCUT2D eigenvalue weighted by Gasteiger charge is 2.26. The molecule has 5 nitrogen and oxygen atoms in total. The lowest BCUT2D eigenvalue weighted by Gasteiger charge is -2.19. The third-order valence-corrected chi connectivity index (χ3v) is 3.28. The summed E-state index contributed by atoms with van der Waals surface area (Å²) < 4.78 is 5.59. The summed E-state index contributed by atoms with van der Waals surface area (Å²) in [4.78, 5) is 10.7. The fourth-order valence-corrected chi connectivity index (χ4v) is 2.23. The molecule has 1 aromatic rings. The van der Waals surface area contributed by atoms with Crippen LogP contribution < -0.4 is 15.4 Å². The molecule has 1 aliphatic heterocycles. The lowest BCUT2D eigenvalue weighted by atomic mass is 10.0. The van der Waals surface area contributed by atoms with Crippen molar-refractivity contribution in [2.45, 2.75) is 39.3 Å². The molecule has 0 saturated carbocycles. The van der Waals surface area contributed by atoms with Gasteiger partial charge in [0.1, 0.15) is 12.1 Å². The molecule has 2 unspecified atom stereocenters. The van der Waals surface area contributed by atoms with Crippen LogP contribution in [0.3, 0.4) is 0 Å². The number of ether oxygens (including phenoxy) is 1. The molecule has 5 heteroatoms. The molecule has 0 aromatic carbocycles. The first kappa shape index (κ1) is 13.1.